The zero-order chi connectivity index (χ0) is 88.6. The standard InChI is InChI=1S/C22H26O6.C21H24O5.2C18H18O6.8CH5N/c23-21(27-19-10-4-1-5-11-19)14-8-3-9-15-25-16-17-26-18-22(24)28-20-12-6-2-7-13-20;1-17(21(23)26-19-13-7-3-8-14-19)24-16-10-4-9-15-20(22)25-18-11-5-2-6-12-18;2*19-17(23-15-7-3-1-4-8-15)13-21-11-12-22-14-18(20)24-16-9-5-2-6-10-16;8*1-2/h1-2,4-7,10-13H,3,8-9,14-18H2;2-3,5-8,11-14,17H,4,9-10,15-16H2,1H3;2*1-10H,11-14H2;8*2H2,1H3. The average molecular weight is 1650 g/mol. The maximum absolute atomic E-state index is 11.9. The van der Waals surface area contributed by atoms with Gasteiger partial charge < -0.3 is 117 Å². The van der Waals surface area contributed by atoms with Crippen molar-refractivity contribution >= 4 is 47.8 Å². The number of carbonyl (C=O) groups is 8. The second-order valence-corrected chi connectivity index (χ2v) is 21.3. The molecule has 8 rings (SSSR count). The molecule has 652 valence electrons. The molecule has 0 radical (unpaired) electrons. The van der Waals surface area contributed by atoms with E-state index < -0.39 is 41.9 Å². The number of nitrogens with two attached hydrogens (primary N) is 8. The third-order valence-electron chi connectivity index (χ3n) is 12.9. The van der Waals surface area contributed by atoms with E-state index in [1.807, 2.05) is 72.8 Å². The van der Waals surface area contributed by atoms with Crippen molar-refractivity contribution in [2.45, 2.75) is 64.4 Å². The molecule has 1 unspecified atom stereocenters. The quantitative estimate of drug-likeness (QED) is 0.0101. The second-order valence-electron chi connectivity index (χ2n) is 21.3. The highest BCUT2D eigenvalue weighted by Crippen LogP contribution is 2.17. The molecule has 0 aromatic heterocycles. The first-order valence-electron chi connectivity index (χ1n) is 37.6. The number of para-hydroxylation sites is 8. The number of hydrogen-bond donors (Lipinski definition) is 8. The van der Waals surface area contributed by atoms with Crippen LogP contribution in [0.15, 0.2) is 243 Å². The third kappa shape index (κ3) is 68.2. The highest BCUT2D eigenvalue weighted by Gasteiger charge is 2.17. The lowest BCUT2D eigenvalue weighted by molar-refractivity contribution is -0.146. The molecule has 1 atom stereocenters. The minimum Gasteiger partial charge on any atom is -0.427 e. The minimum atomic E-state index is -0.627. The van der Waals surface area contributed by atoms with Crippen molar-refractivity contribution in [1.82, 2.24) is 0 Å². The smallest absolute Gasteiger partial charge is 0.340 e. The molecule has 0 aliphatic rings. The summed E-state index contributed by atoms with van der Waals surface area (Å²) in [5.41, 5.74) is 36.0. The molecule has 8 aromatic rings. The fourth-order valence-electron chi connectivity index (χ4n) is 8.04. The first-order valence-corrected chi connectivity index (χ1v) is 37.6. The van der Waals surface area contributed by atoms with Gasteiger partial charge in [-0.05, 0) is 186 Å². The number of unbranched alkanes of at least 4 members (excludes halogenated alkanes) is 4. The Morgan fingerprint density at radius 3 is 0.602 bits per heavy atom. The van der Waals surface area contributed by atoms with E-state index in [2.05, 4.69) is 45.9 Å². The van der Waals surface area contributed by atoms with E-state index in [-0.39, 0.29) is 71.4 Å². The van der Waals surface area contributed by atoms with Crippen molar-refractivity contribution in [3.63, 3.8) is 0 Å². The summed E-state index contributed by atoms with van der Waals surface area (Å²) in [6.45, 7) is 3.26. The van der Waals surface area contributed by atoms with Crippen LogP contribution in [0.1, 0.15) is 58.3 Å². The summed E-state index contributed by atoms with van der Waals surface area (Å²) in [4.78, 5) is 92.8. The van der Waals surface area contributed by atoms with E-state index in [9.17, 15) is 38.4 Å². The van der Waals surface area contributed by atoms with Crippen molar-refractivity contribution in [1.29, 1.82) is 0 Å². The Bertz CT molecular complexity index is 3310. The van der Waals surface area contributed by atoms with Gasteiger partial charge in [-0.25, -0.2) is 28.8 Å². The summed E-state index contributed by atoms with van der Waals surface area (Å²) >= 11 is 0. The van der Waals surface area contributed by atoms with Crippen molar-refractivity contribution in [2.75, 3.05) is 142 Å². The molecule has 0 heterocycles. The number of ether oxygens (including phenoxy) is 15. The number of rotatable bonds is 41. The van der Waals surface area contributed by atoms with E-state index in [0.717, 1.165) is 38.5 Å². The molecule has 16 N–H and O–H groups in total. The van der Waals surface area contributed by atoms with Crippen LogP contribution < -0.4 is 83.8 Å². The number of carbonyl (C=O) groups excluding carboxylic acids is 8. The Hall–Kier alpha value is -11.1. The highest BCUT2D eigenvalue weighted by molar-refractivity contribution is 5.77. The van der Waals surface area contributed by atoms with Crippen molar-refractivity contribution in [3.8, 4) is 46.0 Å². The molecular weight excluding hydrogens is 1520 g/mol. The van der Waals surface area contributed by atoms with E-state index >= 15 is 0 Å². The Labute approximate surface area is 695 Å². The van der Waals surface area contributed by atoms with Crippen LogP contribution in [0, 0.1) is 0 Å². The summed E-state index contributed by atoms with van der Waals surface area (Å²) in [7, 11) is 12.0. The van der Waals surface area contributed by atoms with Gasteiger partial charge in [0.1, 0.15) is 79.0 Å². The van der Waals surface area contributed by atoms with Crippen LogP contribution in [0.5, 0.6) is 46.0 Å². The number of benzene rings is 8. The summed E-state index contributed by atoms with van der Waals surface area (Å²) in [5.74, 6) is 0.703. The van der Waals surface area contributed by atoms with Gasteiger partial charge in [-0.15, -0.1) is 0 Å². The van der Waals surface area contributed by atoms with Gasteiger partial charge >= 0.3 is 47.8 Å². The Kier molecular flexibility index (Phi) is 83.3. The van der Waals surface area contributed by atoms with Gasteiger partial charge in [-0.3, -0.25) is 9.59 Å². The van der Waals surface area contributed by atoms with Gasteiger partial charge in [-0.1, -0.05) is 158 Å². The van der Waals surface area contributed by atoms with Gasteiger partial charge in [0.05, 0.1) is 39.6 Å². The molecule has 0 fully saturated rings. The molecule has 0 aliphatic carbocycles. The van der Waals surface area contributed by atoms with Crippen LogP contribution in [0.2, 0.25) is 0 Å². The average Bonchev–Trinajstić information content (AvgIpc) is 0.750. The maximum Gasteiger partial charge on any atom is 0.340 e. The van der Waals surface area contributed by atoms with E-state index in [0.29, 0.717) is 85.3 Å². The zero-order valence-electron chi connectivity index (χ0n) is 69.5. The van der Waals surface area contributed by atoms with Crippen molar-refractivity contribution in [3.05, 3.63) is 243 Å². The first-order chi connectivity index (χ1) is 57.9. The molecule has 118 heavy (non-hydrogen) atoms. The van der Waals surface area contributed by atoms with Gasteiger partial charge in [0, 0.05) is 26.1 Å². The van der Waals surface area contributed by atoms with E-state index in [4.69, 9.17) is 71.1 Å². The van der Waals surface area contributed by atoms with Crippen LogP contribution in [0.25, 0.3) is 0 Å². The molecular formula is C87H126N8O23. The van der Waals surface area contributed by atoms with Crippen LogP contribution in [-0.4, -0.2) is 196 Å². The zero-order valence-corrected chi connectivity index (χ0v) is 69.5. The molecule has 0 bridgehead atoms. The summed E-state index contributed by atoms with van der Waals surface area (Å²) in [6, 6.07) is 70.7. The lowest BCUT2D eigenvalue weighted by Crippen LogP contribution is -2.26. The van der Waals surface area contributed by atoms with Crippen LogP contribution in [-0.2, 0) is 71.5 Å². The number of hydrogen-bond acceptors (Lipinski definition) is 31. The lowest BCUT2D eigenvalue weighted by Gasteiger charge is -2.12. The topological polar surface area (TPSA) is 483 Å². The predicted molar refractivity (Wildman–Crippen MR) is 455 cm³/mol. The summed E-state index contributed by atoms with van der Waals surface area (Å²) < 4.78 is 77.6. The summed E-state index contributed by atoms with van der Waals surface area (Å²) in [5, 5.41) is 0. The summed E-state index contributed by atoms with van der Waals surface area (Å²) in [6.07, 6.45) is 4.93. The molecule has 8 aromatic carbocycles. The van der Waals surface area contributed by atoms with Crippen molar-refractivity contribution in [2.24, 2.45) is 45.9 Å². The highest BCUT2D eigenvalue weighted by atomic mass is 16.6. The SMILES string of the molecule is CC(OCCCCCC(=O)Oc1ccccc1)C(=O)Oc1ccccc1.CN.CN.CN.CN.CN.CN.CN.CN.O=C(CCCCCOCCOCC(=O)Oc1ccccc1)Oc1ccccc1.O=C(COCCOCC(=O)Oc1ccccc1)Oc1ccccc1.O=C(COCCOCC(=O)Oc1ccccc1)Oc1ccccc1. The van der Waals surface area contributed by atoms with Gasteiger partial charge in [-0.2, -0.15) is 0 Å². The molecule has 0 aliphatic heterocycles. The Morgan fingerprint density at radius 1 is 0.212 bits per heavy atom. The van der Waals surface area contributed by atoms with Crippen molar-refractivity contribution < 1.29 is 109 Å². The fraction of sp³-hybridized carbons (Fsp3) is 0.356. The Balaban J connectivity index is -0.000000693. The number of esters is 8. The maximum atomic E-state index is 11.9. The predicted octanol–water partition coefficient (Wildman–Crippen LogP) is 9.02. The normalized spacial score (nSPS) is 9.57. The minimum absolute atomic E-state index is 0.109. The van der Waals surface area contributed by atoms with Gasteiger partial charge in [0.2, 0.25) is 0 Å². The largest absolute Gasteiger partial charge is 0.427 e. The Morgan fingerprint density at radius 2 is 0.390 bits per heavy atom. The van der Waals surface area contributed by atoms with Crippen LogP contribution in [0.4, 0.5) is 0 Å². The molecule has 0 saturated heterocycles. The van der Waals surface area contributed by atoms with Gasteiger partial charge in [0.25, 0.3) is 0 Å². The molecule has 0 amide bonds. The fourth-order valence-corrected chi connectivity index (χ4v) is 8.04. The molecule has 31 heteroatoms. The third-order valence-corrected chi connectivity index (χ3v) is 12.9. The monoisotopic (exact) mass is 1650 g/mol. The van der Waals surface area contributed by atoms with E-state index in [1.54, 1.807) is 177 Å². The lowest BCUT2D eigenvalue weighted by atomic mass is 10.2. The molecule has 0 saturated carbocycles. The second kappa shape index (κ2) is 86.8. The molecule has 0 spiro atoms. The van der Waals surface area contributed by atoms with Crippen LogP contribution >= 0.6 is 0 Å². The van der Waals surface area contributed by atoms with Gasteiger partial charge in [0.15, 0.2) is 6.10 Å². The van der Waals surface area contributed by atoms with Crippen LogP contribution in [0.3, 0.4) is 0 Å². The van der Waals surface area contributed by atoms with E-state index in [1.165, 1.54) is 56.4 Å². The molecule has 31 nitrogen and oxygen atoms in total. The first kappa shape index (κ1) is 113.